The lowest BCUT2D eigenvalue weighted by Gasteiger charge is -2.44. The summed E-state index contributed by atoms with van der Waals surface area (Å²) in [5.41, 5.74) is 0. The predicted octanol–water partition coefficient (Wildman–Crippen LogP) is 2.62. The normalized spacial score (nSPS) is 16.9. The molecule has 3 N–H and O–H groups in total. The molecule has 23 heavy (non-hydrogen) atoms. The summed E-state index contributed by atoms with van der Waals surface area (Å²) < 4.78 is -0.324. The second-order valence-corrected chi connectivity index (χ2v) is 5.89. The number of unbranched alkanes of at least 4 members (excludes halogenated alkanes) is 2. The molecule has 0 aromatic heterocycles. The molecule has 0 bridgehead atoms. The van der Waals surface area contributed by atoms with Gasteiger partial charge in [0.1, 0.15) is 0 Å². The van der Waals surface area contributed by atoms with Crippen LogP contribution in [0.3, 0.4) is 0 Å². The van der Waals surface area contributed by atoms with Crippen molar-refractivity contribution in [3.63, 3.8) is 0 Å². The van der Waals surface area contributed by atoms with Gasteiger partial charge in [0.25, 0.3) is 0 Å². The number of nitrogens with zero attached hydrogens (tertiary/aromatic N) is 1. The average molecular weight is 330 g/mol. The third-order valence-electron chi connectivity index (χ3n) is 4.45. The maximum absolute atomic E-state index is 11.6. The predicted molar refractivity (Wildman–Crippen MR) is 88.9 cm³/mol. The summed E-state index contributed by atoms with van der Waals surface area (Å²) >= 11 is 0. The molecule has 134 valence electrons. The maximum Gasteiger partial charge on any atom is 0.362 e. The van der Waals surface area contributed by atoms with Gasteiger partial charge in [-0.15, -0.1) is 0 Å². The zero-order chi connectivity index (χ0) is 17.9. The second kappa shape index (κ2) is 11.2. The van der Waals surface area contributed by atoms with Gasteiger partial charge in [0.05, 0.1) is 6.54 Å². The van der Waals surface area contributed by atoms with E-state index in [4.69, 9.17) is 0 Å². The van der Waals surface area contributed by atoms with Crippen molar-refractivity contribution in [2.45, 2.75) is 71.4 Å². The summed E-state index contributed by atoms with van der Waals surface area (Å²) in [5.74, 6) is -2.12. The Morgan fingerprint density at radius 3 is 1.78 bits per heavy atom. The van der Waals surface area contributed by atoms with Crippen molar-refractivity contribution < 1.29 is 29.4 Å². The van der Waals surface area contributed by atoms with Crippen LogP contribution >= 0.6 is 0 Å². The molecule has 0 aliphatic rings. The molecule has 0 saturated heterocycles. The number of quaternary nitrogens is 1. The zero-order valence-electron chi connectivity index (χ0n) is 14.6. The molecular weight excluding hydrogens is 298 g/mol. The van der Waals surface area contributed by atoms with Crippen molar-refractivity contribution in [2.75, 3.05) is 13.3 Å². The number of carboxylic acid groups (broad SMARTS) is 2. The van der Waals surface area contributed by atoms with Gasteiger partial charge in [-0.3, -0.25) is 4.48 Å². The fraction of sp³-hybridized carbons (Fsp3) is 0.765. The Balaban J connectivity index is 5.37. The molecule has 2 unspecified atom stereocenters. The minimum atomic E-state index is -1.06. The van der Waals surface area contributed by atoms with Crippen molar-refractivity contribution in [1.29, 1.82) is 0 Å². The van der Waals surface area contributed by atoms with Gasteiger partial charge >= 0.3 is 11.9 Å². The molecular formula is C17H32NO5+. The van der Waals surface area contributed by atoms with Crippen LogP contribution in [0.1, 0.15) is 59.3 Å². The minimum Gasteiger partial charge on any atom is -0.477 e. The molecule has 0 heterocycles. The number of allylic oxidation sites excluding steroid dienone is 1. The van der Waals surface area contributed by atoms with E-state index in [1.165, 1.54) is 0 Å². The molecule has 0 spiro atoms. The highest BCUT2D eigenvalue weighted by molar-refractivity contribution is 5.75. The Kier molecular flexibility index (Phi) is 10.5. The summed E-state index contributed by atoms with van der Waals surface area (Å²) in [4.78, 5) is 23.2. The first-order chi connectivity index (χ1) is 10.9. The summed E-state index contributed by atoms with van der Waals surface area (Å²) in [7, 11) is 0. The van der Waals surface area contributed by atoms with Gasteiger partial charge in [0, 0.05) is 19.3 Å². The SMILES string of the molecule is CCCC/C=C/CC[N+](CO)(C(CC)C(=O)O)C(CC)C(=O)O. The quantitative estimate of drug-likeness (QED) is 0.209. The first-order valence-corrected chi connectivity index (χ1v) is 8.49. The van der Waals surface area contributed by atoms with E-state index in [1.54, 1.807) is 13.8 Å². The zero-order valence-corrected chi connectivity index (χ0v) is 14.6. The highest BCUT2D eigenvalue weighted by atomic mass is 16.4. The molecule has 6 heteroatoms. The van der Waals surface area contributed by atoms with Crippen LogP contribution in [0.4, 0.5) is 0 Å². The number of hydrogen-bond donors (Lipinski definition) is 3. The molecule has 0 aliphatic carbocycles. The number of hydrogen-bond acceptors (Lipinski definition) is 3. The third kappa shape index (κ3) is 5.95. The van der Waals surface area contributed by atoms with Gasteiger partial charge in [-0.25, -0.2) is 9.59 Å². The highest BCUT2D eigenvalue weighted by Gasteiger charge is 2.48. The minimum absolute atomic E-state index is 0.277. The Morgan fingerprint density at radius 1 is 0.957 bits per heavy atom. The van der Waals surface area contributed by atoms with Crippen molar-refractivity contribution in [1.82, 2.24) is 0 Å². The molecule has 0 fully saturated rings. The fourth-order valence-corrected chi connectivity index (χ4v) is 3.19. The van der Waals surface area contributed by atoms with Gasteiger partial charge in [0.2, 0.25) is 0 Å². The molecule has 2 atom stereocenters. The molecule has 0 aromatic carbocycles. The monoisotopic (exact) mass is 330 g/mol. The van der Waals surface area contributed by atoms with Crippen LogP contribution in [0.15, 0.2) is 12.2 Å². The summed E-state index contributed by atoms with van der Waals surface area (Å²) in [5, 5.41) is 28.9. The fourth-order valence-electron chi connectivity index (χ4n) is 3.19. The van der Waals surface area contributed by atoms with Crippen molar-refractivity contribution in [3.8, 4) is 0 Å². The Labute approximate surface area is 139 Å². The first-order valence-electron chi connectivity index (χ1n) is 8.49. The van der Waals surface area contributed by atoms with Crippen LogP contribution in [0.2, 0.25) is 0 Å². The molecule has 0 radical (unpaired) electrons. The Hall–Kier alpha value is -1.40. The van der Waals surface area contributed by atoms with Crippen molar-refractivity contribution >= 4 is 11.9 Å². The third-order valence-corrected chi connectivity index (χ3v) is 4.45. The lowest BCUT2D eigenvalue weighted by Crippen LogP contribution is -2.66. The van der Waals surface area contributed by atoms with Crippen LogP contribution in [0.25, 0.3) is 0 Å². The average Bonchev–Trinajstić information content (AvgIpc) is 2.50. The standard InChI is InChI=1S/C17H31NO5/c1-4-7-8-9-10-11-12-18(13-19,14(5-2)16(20)21)15(6-3)17(22)23/h9-10,14-15,19H,4-8,11-13H2,1-3H3,(H-,20,21,22,23)/p+1/b10-9+. The topological polar surface area (TPSA) is 94.8 Å². The number of aliphatic hydroxyl groups is 1. The lowest BCUT2D eigenvalue weighted by atomic mass is 10.0. The summed E-state index contributed by atoms with van der Waals surface area (Å²) in [6.45, 7) is 5.35. The van der Waals surface area contributed by atoms with E-state index in [0.717, 1.165) is 19.3 Å². The number of rotatable bonds is 13. The Bertz CT molecular complexity index is 372. The maximum atomic E-state index is 11.6. The second-order valence-electron chi connectivity index (χ2n) is 5.89. The molecule has 0 rings (SSSR count). The van der Waals surface area contributed by atoms with E-state index in [2.05, 4.69) is 6.92 Å². The van der Waals surface area contributed by atoms with Gasteiger partial charge in [0.15, 0.2) is 18.8 Å². The van der Waals surface area contributed by atoms with E-state index in [-0.39, 0.29) is 17.3 Å². The van der Waals surface area contributed by atoms with Crippen molar-refractivity contribution in [2.24, 2.45) is 0 Å². The number of carbonyl (C=O) groups is 2. The molecule has 0 aromatic rings. The smallest absolute Gasteiger partial charge is 0.362 e. The molecule has 0 amide bonds. The van der Waals surface area contributed by atoms with Gasteiger partial charge < -0.3 is 15.3 Å². The molecule has 6 nitrogen and oxygen atoms in total. The largest absolute Gasteiger partial charge is 0.477 e. The van der Waals surface area contributed by atoms with Crippen molar-refractivity contribution in [3.05, 3.63) is 12.2 Å². The first kappa shape index (κ1) is 21.6. The van der Waals surface area contributed by atoms with Gasteiger partial charge in [-0.05, 0) is 6.42 Å². The Morgan fingerprint density at radius 2 is 1.43 bits per heavy atom. The number of aliphatic carboxylic acids is 2. The molecule has 0 saturated carbocycles. The lowest BCUT2D eigenvalue weighted by molar-refractivity contribution is -0.974. The van der Waals surface area contributed by atoms with E-state index in [1.807, 2.05) is 12.2 Å². The highest BCUT2D eigenvalue weighted by Crippen LogP contribution is 2.25. The van der Waals surface area contributed by atoms with Crippen LogP contribution in [-0.2, 0) is 9.59 Å². The van der Waals surface area contributed by atoms with Crippen LogP contribution in [-0.4, -0.2) is 57.1 Å². The van der Waals surface area contributed by atoms with E-state index >= 15 is 0 Å². The van der Waals surface area contributed by atoms with E-state index < -0.39 is 30.8 Å². The summed E-state index contributed by atoms with van der Waals surface area (Å²) in [6, 6.07) is -1.85. The van der Waals surface area contributed by atoms with Crippen LogP contribution < -0.4 is 0 Å². The van der Waals surface area contributed by atoms with Gasteiger partial charge in [-0.1, -0.05) is 45.8 Å². The van der Waals surface area contributed by atoms with E-state index in [0.29, 0.717) is 13.0 Å². The molecule has 0 aliphatic heterocycles. The van der Waals surface area contributed by atoms with Gasteiger partial charge in [-0.2, -0.15) is 0 Å². The summed E-state index contributed by atoms with van der Waals surface area (Å²) in [6.07, 6.45) is 8.27. The number of aliphatic hydroxyl groups excluding tert-OH is 1. The van der Waals surface area contributed by atoms with Crippen LogP contribution in [0, 0.1) is 0 Å². The van der Waals surface area contributed by atoms with Crippen LogP contribution in [0.5, 0.6) is 0 Å². The number of carboxylic acids is 2. The van der Waals surface area contributed by atoms with E-state index in [9.17, 15) is 24.9 Å².